The van der Waals surface area contributed by atoms with Crippen molar-refractivity contribution in [2.45, 2.75) is 13.0 Å². The van der Waals surface area contributed by atoms with E-state index in [2.05, 4.69) is 31.3 Å². The van der Waals surface area contributed by atoms with Crippen molar-refractivity contribution in [1.29, 1.82) is 0 Å². The predicted molar refractivity (Wildman–Crippen MR) is 110 cm³/mol. The average Bonchev–Trinajstić information content (AvgIpc) is 3.25. The first kappa shape index (κ1) is 19.1. The Morgan fingerprint density at radius 1 is 1.28 bits per heavy atom. The van der Waals surface area contributed by atoms with E-state index >= 15 is 0 Å². The van der Waals surface area contributed by atoms with Gasteiger partial charge >= 0.3 is 5.97 Å². The second-order valence-corrected chi connectivity index (χ2v) is 7.54. The van der Waals surface area contributed by atoms with Crippen molar-refractivity contribution in [3.05, 3.63) is 81.7 Å². The molecular weight excluding hydrogens is 441 g/mol. The number of aromatic nitrogens is 4. The molecule has 29 heavy (non-hydrogen) atoms. The minimum atomic E-state index is -1.17. The third kappa shape index (κ3) is 3.49. The van der Waals surface area contributed by atoms with Gasteiger partial charge in [-0.2, -0.15) is 5.10 Å². The van der Waals surface area contributed by atoms with Gasteiger partial charge in [-0.15, -0.1) is 0 Å². The maximum atomic E-state index is 14.9. The Hall–Kier alpha value is -3.20. The lowest BCUT2D eigenvalue weighted by Gasteiger charge is -2.22. The topological polar surface area (TPSA) is 84.4 Å². The number of nitrogens with zero attached hydrogens (tertiary/aromatic N) is 4. The summed E-state index contributed by atoms with van der Waals surface area (Å²) < 4.78 is 18.8. The van der Waals surface area contributed by atoms with Crippen LogP contribution >= 0.6 is 15.9 Å². The molecule has 4 rings (SSSR count). The van der Waals surface area contributed by atoms with Crippen LogP contribution in [0.5, 0.6) is 0 Å². The number of anilines is 1. The van der Waals surface area contributed by atoms with Crippen LogP contribution in [0.25, 0.3) is 5.65 Å². The zero-order chi connectivity index (χ0) is 20.7. The Balaban J connectivity index is 1.89. The van der Waals surface area contributed by atoms with Gasteiger partial charge < -0.3 is 14.8 Å². The summed E-state index contributed by atoms with van der Waals surface area (Å²) >= 11 is 3.27. The molecule has 0 saturated carbocycles. The van der Waals surface area contributed by atoms with Crippen LogP contribution in [0.1, 0.15) is 33.4 Å². The monoisotopic (exact) mass is 457 g/mol. The van der Waals surface area contributed by atoms with Crippen molar-refractivity contribution in [2.75, 3.05) is 5.32 Å². The summed E-state index contributed by atoms with van der Waals surface area (Å²) in [5.41, 5.74) is 2.62. The van der Waals surface area contributed by atoms with Crippen molar-refractivity contribution >= 4 is 33.2 Å². The number of carboxylic acid groups (broad SMARTS) is 1. The second-order valence-electron chi connectivity index (χ2n) is 6.63. The summed E-state index contributed by atoms with van der Waals surface area (Å²) in [7, 11) is 1.66. The van der Waals surface area contributed by atoms with Gasteiger partial charge in [0.25, 0.3) is 0 Å². The summed E-state index contributed by atoms with van der Waals surface area (Å²) in [5, 5.41) is 17.1. The van der Waals surface area contributed by atoms with Crippen LogP contribution in [0.4, 0.5) is 10.1 Å². The molecule has 1 atom stereocenters. The number of fused-ring (bicyclic) bond motifs is 1. The van der Waals surface area contributed by atoms with E-state index in [0.29, 0.717) is 32.6 Å². The van der Waals surface area contributed by atoms with E-state index in [0.717, 1.165) is 0 Å². The number of nitrogens with one attached hydrogen (secondary N) is 1. The number of hydrogen-bond donors (Lipinski definition) is 2. The van der Waals surface area contributed by atoms with Crippen LogP contribution in [0.3, 0.4) is 0 Å². The summed E-state index contributed by atoms with van der Waals surface area (Å²) in [6.07, 6.45) is 5.32. The van der Waals surface area contributed by atoms with Crippen LogP contribution < -0.4 is 5.32 Å². The Bertz CT molecular complexity index is 1230. The van der Waals surface area contributed by atoms with Gasteiger partial charge in [0.1, 0.15) is 11.5 Å². The number of imidazole rings is 1. The number of pyridine rings is 1. The van der Waals surface area contributed by atoms with E-state index in [-0.39, 0.29) is 5.69 Å². The zero-order valence-corrected chi connectivity index (χ0v) is 17.2. The first-order valence-electron chi connectivity index (χ1n) is 8.76. The molecule has 3 heterocycles. The molecule has 0 radical (unpaired) electrons. The highest BCUT2D eigenvalue weighted by atomic mass is 79.9. The molecule has 4 aromatic rings. The number of aryl methyl sites for hydroxylation is 1. The molecule has 0 saturated heterocycles. The molecule has 2 N–H and O–H groups in total. The minimum Gasteiger partial charge on any atom is -0.476 e. The highest BCUT2D eigenvalue weighted by Gasteiger charge is 2.29. The van der Waals surface area contributed by atoms with E-state index in [4.69, 9.17) is 0 Å². The summed E-state index contributed by atoms with van der Waals surface area (Å²) in [5.74, 6) is -1.63. The van der Waals surface area contributed by atoms with Crippen LogP contribution in [-0.2, 0) is 7.05 Å². The SMILES string of the molecule is Cc1c(C(Nc2ccn3ccnc3c2)c2ccc(Br)cc2F)c(C(=O)O)nn1C. The first-order chi connectivity index (χ1) is 13.8. The van der Waals surface area contributed by atoms with E-state index in [9.17, 15) is 14.3 Å². The normalized spacial score (nSPS) is 12.3. The molecule has 148 valence electrons. The number of hydrogen-bond acceptors (Lipinski definition) is 4. The Labute approximate surface area is 173 Å². The summed E-state index contributed by atoms with van der Waals surface area (Å²) in [4.78, 5) is 16.1. The highest BCUT2D eigenvalue weighted by Crippen LogP contribution is 2.34. The van der Waals surface area contributed by atoms with E-state index in [1.54, 1.807) is 32.3 Å². The number of carboxylic acids is 1. The third-order valence-electron chi connectivity index (χ3n) is 4.85. The summed E-state index contributed by atoms with van der Waals surface area (Å²) in [6.45, 7) is 1.76. The van der Waals surface area contributed by atoms with Crippen LogP contribution in [0, 0.1) is 12.7 Å². The standard InChI is InChI=1S/C20H17BrFN5O2/c1-11-17(19(20(28)29)25-26(11)2)18(14-4-3-12(21)9-15(14)22)24-13-5-7-27-8-6-23-16(27)10-13/h3-10,18,24H,1-2H3,(H,28,29). The molecule has 1 aromatic carbocycles. The second kappa shape index (κ2) is 7.32. The van der Waals surface area contributed by atoms with Gasteiger partial charge in [-0.3, -0.25) is 4.68 Å². The molecule has 1 unspecified atom stereocenters. The van der Waals surface area contributed by atoms with Crippen molar-refractivity contribution < 1.29 is 14.3 Å². The van der Waals surface area contributed by atoms with Crippen LogP contribution in [0.15, 0.2) is 53.4 Å². The molecule has 0 fully saturated rings. The Morgan fingerprint density at radius 3 is 2.79 bits per heavy atom. The first-order valence-corrected chi connectivity index (χ1v) is 9.55. The van der Waals surface area contributed by atoms with Crippen molar-refractivity contribution in [3.63, 3.8) is 0 Å². The molecule has 3 aromatic heterocycles. The maximum absolute atomic E-state index is 14.9. The van der Waals surface area contributed by atoms with Gasteiger partial charge in [0, 0.05) is 58.7 Å². The zero-order valence-electron chi connectivity index (χ0n) is 15.6. The molecule has 9 heteroatoms. The van der Waals surface area contributed by atoms with Gasteiger partial charge in [-0.1, -0.05) is 22.0 Å². The van der Waals surface area contributed by atoms with Gasteiger partial charge in [-0.05, 0) is 25.1 Å². The fraction of sp³-hybridized carbons (Fsp3) is 0.150. The highest BCUT2D eigenvalue weighted by molar-refractivity contribution is 9.10. The molecular formula is C20H17BrFN5O2. The molecule has 0 aliphatic rings. The van der Waals surface area contributed by atoms with E-state index in [1.165, 1.54) is 10.7 Å². The van der Waals surface area contributed by atoms with E-state index < -0.39 is 17.8 Å². The molecule has 7 nitrogen and oxygen atoms in total. The quantitative estimate of drug-likeness (QED) is 0.469. The molecule has 0 aliphatic heterocycles. The number of carbonyl (C=O) groups is 1. The molecule has 0 amide bonds. The van der Waals surface area contributed by atoms with Crippen molar-refractivity contribution in [2.24, 2.45) is 7.05 Å². The lowest BCUT2D eigenvalue weighted by atomic mass is 9.95. The lowest BCUT2D eigenvalue weighted by Crippen LogP contribution is -2.18. The fourth-order valence-electron chi connectivity index (χ4n) is 3.34. The van der Waals surface area contributed by atoms with Crippen LogP contribution in [0.2, 0.25) is 0 Å². The molecule has 0 spiro atoms. The minimum absolute atomic E-state index is 0.119. The van der Waals surface area contributed by atoms with Crippen molar-refractivity contribution in [3.8, 4) is 0 Å². The maximum Gasteiger partial charge on any atom is 0.356 e. The number of benzene rings is 1. The van der Waals surface area contributed by atoms with Crippen molar-refractivity contribution in [1.82, 2.24) is 19.2 Å². The van der Waals surface area contributed by atoms with Crippen LogP contribution in [-0.4, -0.2) is 30.2 Å². The Kier molecular flexibility index (Phi) is 4.83. The largest absolute Gasteiger partial charge is 0.476 e. The van der Waals surface area contributed by atoms with Gasteiger partial charge in [0.2, 0.25) is 0 Å². The fourth-order valence-corrected chi connectivity index (χ4v) is 3.67. The van der Waals surface area contributed by atoms with Gasteiger partial charge in [-0.25, -0.2) is 14.2 Å². The number of rotatable bonds is 5. The van der Waals surface area contributed by atoms with Gasteiger partial charge in [0.05, 0.1) is 6.04 Å². The summed E-state index contributed by atoms with van der Waals surface area (Å²) in [6, 6.07) is 7.58. The van der Waals surface area contributed by atoms with E-state index in [1.807, 2.05) is 28.9 Å². The average molecular weight is 458 g/mol. The lowest BCUT2D eigenvalue weighted by molar-refractivity contribution is 0.0688. The predicted octanol–water partition coefficient (Wildman–Crippen LogP) is 4.18. The molecule has 0 bridgehead atoms. The smallest absolute Gasteiger partial charge is 0.356 e. The Morgan fingerprint density at radius 2 is 2.07 bits per heavy atom. The molecule has 0 aliphatic carbocycles. The third-order valence-corrected chi connectivity index (χ3v) is 5.35. The number of halogens is 2. The number of aromatic carboxylic acids is 1. The van der Waals surface area contributed by atoms with Gasteiger partial charge in [0.15, 0.2) is 5.69 Å².